The number of amides is 2. The normalized spacial score (nSPS) is 10.2. The van der Waals surface area contributed by atoms with Crippen molar-refractivity contribution in [3.8, 4) is 0 Å². The highest BCUT2D eigenvalue weighted by Crippen LogP contribution is 2.17. The molecular formula is C16H16BrClN2O. The van der Waals surface area contributed by atoms with Crippen molar-refractivity contribution < 1.29 is 4.79 Å². The Kier molecular flexibility index (Phi) is 5.65. The largest absolute Gasteiger partial charge is 0.334 e. The first kappa shape index (κ1) is 15.9. The molecule has 2 aromatic carbocycles. The maximum absolute atomic E-state index is 12.1. The molecule has 2 aromatic rings. The van der Waals surface area contributed by atoms with Crippen molar-refractivity contribution in [2.75, 3.05) is 7.05 Å². The summed E-state index contributed by atoms with van der Waals surface area (Å²) in [6, 6.07) is 15.2. The van der Waals surface area contributed by atoms with E-state index < -0.39 is 0 Å². The third-order valence-electron chi connectivity index (χ3n) is 3.04. The van der Waals surface area contributed by atoms with Gasteiger partial charge in [-0.3, -0.25) is 0 Å². The van der Waals surface area contributed by atoms with E-state index in [-0.39, 0.29) is 6.03 Å². The lowest BCUT2D eigenvalue weighted by atomic mass is 10.2. The zero-order valence-electron chi connectivity index (χ0n) is 11.6. The summed E-state index contributed by atoms with van der Waals surface area (Å²) in [5, 5.41) is 3.55. The molecule has 110 valence electrons. The van der Waals surface area contributed by atoms with Gasteiger partial charge in [-0.15, -0.1) is 0 Å². The lowest BCUT2D eigenvalue weighted by molar-refractivity contribution is 0.206. The highest BCUT2D eigenvalue weighted by Gasteiger charge is 2.10. The molecule has 0 aliphatic carbocycles. The molecule has 0 aromatic heterocycles. The van der Waals surface area contributed by atoms with Crippen LogP contribution in [0.15, 0.2) is 53.0 Å². The van der Waals surface area contributed by atoms with Gasteiger partial charge in [0.15, 0.2) is 0 Å². The van der Waals surface area contributed by atoms with Gasteiger partial charge < -0.3 is 10.2 Å². The fourth-order valence-corrected chi connectivity index (χ4v) is 2.54. The van der Waals surface area contributed by atoms with Gasteiger partial charge in [0, 0.05) is 29.6 Å². The Morgan fingerprint density at radius 1 is 1.24 bits per heavy atom. The summed E-state index contributed by atoms with van der Waals surface area (Å²) in [7, 11) is 1.77. The quantitative estimate of drug-likeness (QED) is 0.851. The van der Waals surface area contributed by atoms with Crippen molar-refractivity contribution in [2.45, 2.75) is 13.1 Å². The van der Waals surface area contributed by atoms with Crippen molar-refractivity contribution in [1.82, 2.24) is 10.2 Å². The summed E-state index contributed by atoms with van der Waals surface area (Å²) in [4.78, 5) is 13.7. The van der Waals surface area contributed by atoms with Crippen LogP contribution in [0.2, 0.25) is 5.02 Å². The standard InChI is InChI=1S/C16H16BrClN2O/c1-20(11-13-6-2-3-8-15(13)17)16(21)19-10-12-5-4-7-14(18)9-12/h2-9H,10-11H2,1H3,(H,19,21). The summed E-state index contributed by atoms with van der Waals surface area (Å²) in [6.45, 7) is 1.00. The number of nitrogens with one attached hydrogen (secondary N) is 1. The lowest BCUT2D eigenvalue weighted by Gasteiger charge is -2.19. The summed E-state index contributed by atoms with van der Waals surface area (Å²) >= 11 is 9.40. The van der Waals surface area contributed by atoms with Crippen LogP contribution >= 0.6 is 27.5 Å². The molecular weight excluding hydrogens is 352 g/mol. The molecule has 0 bridgehead atoms. The maximum atomic E-state index is 12.1. The first-order chi connectivity index (χ1) is 10.1. The molecule has 2 rings (SSSR count). The number of benzene rings is 2. The van der Waals surface area contributed by atoms with E-state index in [1.165, 1.54) is 0 Å². The van der Waals surface area contributed by atoms with Crippen LogP contribution in [0.25, 0.3) is 0 Å². The van der Waals surface area contributed by atoms with Crippen molar-refractivity contribution >= 4 is 33.6 Å². The monoisotopic (exact) mass is 366 g/mol. The van der Waals surface area contributed by atoms with E-state index in [9.17, 15) is 4.79 Å². The minimum Gasteiger partial charge on any atom is -0.334 e. The smallest absolute Gasteiger partial charge is 0.317 e. The first-order valence-electron chi connectivity index (χ1n) is 6.53. The molecule has 0 unspecified atom stereocenters. The SMILES string of the molecule is CN(Cc1ccccc1Br)C(=O)NCc1cccc(Cl)c1. The number of carbonyl (C=O) groups excluding carboxylic acids is 1. The average Bonchev–Trinajstić information content (AvgIpc) is 2.47. The number of rotatable bonds is 4. The van der Waals surface area contributed by atoms with Crippen LogP contribution in [-0.4, -0.2) is 18.0 Å². The van der Waals surface area contributed by atoms with Crippen LogP contribution in [0, 0.1) is 0 Å². The molecule has 2 amide bonds. The fourth-order valence-electron chi connectivity index (χ4n) is 1.91. The number of hydrogen-bond donors (Lipinski definition) is 1. The van der Waals surface area contributed by atoms with Crippen molar-refractivity contribution in [3.05, 3.63) is 69.2 Å². The second-order valence-electron chi connectivity index (χ2n) is 4.74. The van der Waals surface area contributed by atoms with E-state index in [4.69, 9.17) is 11.6 Å². The number of hydrogen-bond acceptors (Lipinski definition) is 1. The van der Waals surface area contributed by atoms with Gasteiger partial charge in [0.25, 0.3) is 0 Å². The lowest BCUT2D eigenvalue weighted by Crippen LogP contribution is -2.36. The molecule has 0 saturated heterocycles. The molecule has 0 atom stereocenters. The van der Waals surface area contributed by atoms with E-state index in [0.717, 1.165) is 15.6 Å². The minimum absolute atomic E-state index is 0.120. The minimum atomic E-state index is -0.120. The zero-order valence-corrected chi connectivity index (χ0v) is 14.0. The molecule has 21 heavy (non-hydrogen) atoms. The van der Waals surface area contributed by atoms with Crippen molar-refractivity contribution in [3.63, 3.8) is 0 Å². The molecule has 0 radical (unpaired) electrons. The van der Waals surface area contributed by atoms with E-state index in [1.807, 2.05) is 48.5 Å². The molecule has 0 heterocycles. The number of carbonyl (C=O) groups is 1. The Bertz CT molecular complexity index is 633. The predicted octanol–water partition coefficient (Wildman–Crippen LogP) is 4.44. The molecule has 0 aliphatic heterocycles. The van der Waals surface area contributed by atoms with Crippen LogP contribution in [0.5, 0.6) is 0 Å². The van der Waals surface area contributed by atoms with Gasteiger partial charge in [-0.25, -0.2) is 4.79 Å². The Hall–Kier alpha value is -1.52. The third-order valence-corrected chi connectivity index (χ3v) is 4.05. The molecule has 0 spiro atoms. The zero-order chi connectivity index (χ0) is 15.2. The van der Waals surface area contributed by atoms with Crippen LogP contribution in [-0.2, 0) is 13.1 Å². The van der Waals surface area contributed by atoms with Crippen LogP contribution in [0.4, 0.5) is 4.79 Å². The van der Waals surface area contributed by atoms with Gasteiger partial charge in [-0.05, 0) is 29.3 Å². The Balaban J connectivity index is 1.90. The van der Waals surface area contributed by atoms with Gasteiger partial charge in [0.05, 0.1) is 0 Å². The summed E-state index contributed by atoms with van der Waals surface area (Å²) in [5.74, 6) is 0. The van der Waals surface area contributed by atoms with E-state index >= 15 is 0 Å². The summed E-state index contributed by atoms with van der Waals surface area (Å²) in [6.07, 6.45) is 0. The summed E-state index contributed by atoms with van der Waals surface area (Å²) < 4.78 is 1.000. The Morgan fingerprint density at radius 3 is 2.71 bits per heavy atom. The highest BCUT2D eigenvalue weighted by atomic mass is 79.9. The molecule has 3 nitrogen and oxygen atoms in total. The number of nitrogens with zero attached hydrogens (tertiary/aromatic N) is 1. The maximum Gasteiger partial charge on any atom is 0.317 e. The molecule has 1 N–H and O–H groups in total. The van der Waals surface area contributed by atoms with Gasteiger partial charge >= 0.3 is 6.03 Å². The second-order valence-corrected chi connectivity index (χ2v) is 6.03. The molecule has 0 fully saturated rings. The molecule has 0 saturated carbocycles. The third kappa shape index (κ3) is 4.76. The predicted molar refractivity (Wildman–Crippen MR) is 89.3 cm³/mol. The van der Waals surface area contributed by atoms with Crippen LogP contribution in [0.1, 0.15) is 11.1 Å². The highest BCUT2D eigenvalue weighted by molar-refractivity contribution is 9.10. The Morgan fingerprint density at radius 2 is 2.00 bits per heavy atom. The average molecular weight is 368 g/mol. The molecule has 5 heteroatoms. The topological polar surface area (TPSA) is 32.3 Å². The van der Waals surface area contributed by atoms with E-state index in [1.54, 1.807) is 11.9 Å². The van der Waals surface area contributed by atoms with Crippen molar-refractivity contribution in [2.24, 2.45) is 0 Å². The number of halogens is 2. The Labute approximate surface area is 138 Å². The first-order valence-corrected chi connectivity index (χ1v) is 7.70. The van der Waals surface area contributed by atoms with Crippen LogP contribution in [0.3, 0.4) is 0 Å². The van der Waals surface area contributed by atoms with E-state index in [2.05, 4.69) is 21.2 Å². The summed E-state index contributed by atoms with van der Waals surface area (Å²) in [5.41, 5.74) is 2.04. The second kappa shape index (κ2) is 7.48. The van der Waals surface area contributed by atoms with E-state index in [0.29, 0.717) is 18.1 Å². The van der Waals surface area contributed by atoms with Gasteiger partial charge in [0.1, 0.15) is 0 Å². The van der Waals surface area contributed by atoms with Gasteiger partial charge in [-0.2, -0.15) is 0 Å². The van der Waals surface area contributed by atoms with Crippen molar-refractivity contribution in [1.29, 1.82) is 0 Å². The van der Waals surface area contributed by atoms with Gasteiger partial charge in [-0.1, -0.05) is 57.9 Å². The fraction of sp³-hybridized carbons (Fsp3) is 0.188. The number of urea groups is 1. The molecule has 0 aliphatic rings. The van der Waals surface area contributed by atoms with Crippen LogP contribution < -0.4 is 5.32 Å². The van der Waals surface area contributed by atoms with Gasteiger partial charge in [0.2, 0.25) is 0 Å².